The Labute approximate surface area is 172 Å². The van der Waals surface area contributed by atoms with E-state index in [9.17, 15) is 14.4 Å². The number of ether oxygens (including phenoxy) is 1. The van der Waals surface area contributed by atoms with Crippen molar-refractivity contribution in [1.82, 2.24) is 25.3 Å². The number of rotatable bonds is 10. The van der Waals surface area contributed by atoms with Crippen molar-refractivity contribution in [3.63, 3.8) is 0 Å². The van der Waals surface area contributed by atoms with Gasteiger partial charge in [-0.1, -0.05) is 13.8 Å². The lowest BCUT2D eigenvalue weighted by Crippen LogP contribution is -2.62. The maximum atomic E-state index is 12.8. The topological polar surface area (TPSA) is 106 Å². The van der Waals surface area contributed by atoms with Crippen LogP contribution in [-0.4, -0.2) is 71.3 Å². The molecule has 0 saturated heterocycles. The normalized spacial score (nSPS) is 18.7. The minimum atomic E-state index is -1.07. The van der Waals surface area contributed by atoms with Crippen LogP contribution in [0.25, 0.3) is 0 Å². The van der Waals surface area contributed by atoms with Crippen molar-refractivity contribution in [2.45, 2.75) is 52.6 Å². The molecule has 1 aromatic heterocycles. The number of carbonyl (C=O) groups excluding carboxylic acids is 3. The summed E-state index contributed by atoms with van der Waals surface area (Å²) in [5.41, 5.74) is -0.597. The Morgan fingerprint density at radius 1 is 1.31 bits per heavy atom. The molecule has 29 heavy (non-hydrogen) atoms. The quantitative estimate of drug-likeness (QED) is 0.564. The van der Waals surface area contributed by atoms with Crippen molar-refractivity contribution in [1.29, 1.82) is 0 Å². The summed E-state index contributed by atoms with van der Waals surface area (Å²) >= 11 is 0. The van der Waals surface area contributed by atoms with E-state index in [1.54, 1.807) is 14.0 Å². The molecule has 2 heterocycles. The van der Waals surface area contributed by atoms with Gasteiger partial charge in [0.15, 0.2) is 5.69 Å². The fourth-order valence-corrected chi connectivity index (χ4v) is 3.11. The van der Waals surface area contributed by atoms with Gasteiger partial charge in [-0.2, -0.15) is 5.10 Å². The van der Waals surface area contributed by atoms with Gasteiger partial charge in [0, 0.05) is 39.4 Å². The third kappa shape index (κ3) is 5.35. The molecule has 0 saturated carbocycles. The average Bonchev–Trinajstić information content (AvgIpc) is 3.09. The second-order valence-electron chi connectivity index (χ2n) is 7.96. The zero-order valence-electron chi connectivity index (χ0n) is 18.1. The Kier molecular flexibility index (Phi) is 7.78. The lowest BCUT2D eigenvalue weighted by Gasteiger charge is -2.40. The Hall–Kier alpha value is -2.42. The van der Waals surface area contributed by atoms with Gasteiger partial charge in [-0.15, -0.1) is 0 Å². The number of nitrogens with zero attached hydrogens (tertiary/aromatic N) is 3. The minimum Gasteiger partial charge on any atom is -0.382 e. The summed E-state index contributed by atoms with van der Waals surface area (Å²) in [6, 6.07) is 1.48. The molecule has 0 aromatic carbocycles. The van der Waals surface area contributed by atoms with Crippen molar-refractivity contribution in [2.24, 2.45) is 5.92 Å². The van der Waals surface area contributed by atoms with E-state index in [4.69, 9.17) is 4.74 Å². The summed E-state index contributed by atoms with van der Waals surface area (Å²) in [5.74, 6) is -0.430. The molecule has 0 fully saturated rings. The van der Waals surface area contributed by atoms with Crippen LogP contribution < -0.4 is 10.6 Å². The van der Waals surface area contributed by atoms with E-state index in [1.807, 2.05) is 6.92 Å². The number of fused-ring (bicyclic) bond motifs is 1. The summed E-state index contributed by atoms with van der Waals surface area (Å²) in [5, 5.41) is 9.97. The molecule has 3 amide bonds. The Morgan fingerprint density at radius 2 is 2.03 bits per heavy atom. The van der Waals surface area contributed by atoms with E-state index in [0.29, 0.717) is 44.3 Å². The molecule has 1 aromatic rings. The van der Waals surface area contributed by atoms with Gasteiger partial charge in [-0.25, -0.2) is 0 Å². The van der Waals surface area contributed by atoms with Crippen LogP contribution in [0.4, 0.5) is 0 Å². The van der Waals surface area contributed by atoms with Crippen molar-refractivity contribution in [3.8, 4) is 0 Å². The van der Waals surface area contributed by atoms with Crippen molar-refractivity contribution in [2.75, 3.05) is 33.4 Å². The number of likely N-dealkylation sites (N-methyl/N-ethyl adjacent to an activating group) is 1. The molecule has 2 N–H and O–H groups in total. The second kappa shape index (κ2) is 9.87. The molecule has 2 rings (SSSR count). The van der Waals surface area contributed by atoms with Crippen LogP contribution >= 0.6 is 0 Å². The van der Waals surface area contributed by atoms with Crippen molar-refractivity contribution in [3.05, 3.63) is 17.5 Å². The number of nitrogens with one attached hydrogen (secondary N) is 2. The molecule has 1 atom stereocenters. The Bertz CT molecular complexity index is 745. The highest BCUT2D eigenvalue weighted by Crippen LogP contribution is 2.26. The molecular weight excluding hydrogens is 374 g/mol. The third-order valence-electron chi connectivity index (χ3n) is 5.19. The molecule has 9 nitrogen and oxygen atoms in total. The zero-order valence-corrected chi connectivity index (χ0v) is 18.1. The van der Waals surface area contributed by atoms with E-state index < -0.39 is 5.54 Å². The van der Waals surface area contributed by atoms with E-state index in [2.05, 4.69) is 29.6 Å². The maximum Gasteiger partial charge on any atom is 0.272 e. The highest BCUT2D eigenvalue weighted by Gasteiger charge is 2.46. The molecule has 1 unspecified atom stereocenters. The monoisotopic (exact) mass is 407 g/mol. The van der Waals surface area contributed by atoms with Crippen LogP contribution in [0.1, 0.15) is 61.5 Å². The van der Waals surface area contributed by atoms with Gasteiger partial charge in [-0.3, -0.25) is 19.1 Å². The highest BCUT2D eigenvalue weighted by molar-refractivity contribution is 6.01. The zero-order chi connectivity index (χ0) is 21.6. The summed E-state index contributed by atoms with van der Waals surface area (Å²) in [6.07, 6.45) is 1.56. The van der Waals surface area contributed by atoms with Gasteiger partial charge in [0.1, 0.15) is 11.2 Å². The first kappa shape index (κ1) is 22.9. The number of hydrogen-bond acceptors (Lipinski definition) is 5. The largest absolute Gasteiger partial charge is 0.382 e. The summed E-state index contributed by atoms with van der Waals surface area (Å²) < 4.78 is 6.70. The molecule has 0 bridgehead atoms. The van der Waals surface area contributed by atoms with Gasteiger partial charge in [0.2, 0.25) is 5.91 Å². The van der Waals surface area contributed by atoms with Gasteiger partial charge in [-0.05, 0) is 32.6 Å². The van der Waals surface area contributed by atoms with Gasteiger partial charge < -0.3 is 20.3 Å². The van der Waals surface area contributed by atoms with Crippen LogP contribution in [-0.2, 0) is 16.1 Å². The number of amides is 3. The highest BCUT2D eigenvalue weighted by atomic mass is 16.5. The molecule has 1 aliphatic rings. The van der Waals surface area contributed by atoms with E-state index >= 15 is 0 Å². The number of aromatic nitrogens is 2. The molecule has 1 aliphatic heterocycles. The fourth-order valence-electron chi connectivity index (χ4n) is 3.11. The van der Waals surface area contributed by atoms with Crippen LogP contribution in [0.5, 0.6) is 0 Å². The minimum absolute atomic E-state index is 0.169. The number of hydrogen-bond donors (Lipinski definition) is 2. The maximum absolute atomic E-state index is 12.8. The first-order chi connectivity index (χ1) is 13.7. The van der Waals surface area contributed by atoms with Gasteiger partial charge in [0.05, 0.1) is 6.54 Å². The van der Waals surface area contributed by atoms with E-state index in [0.717, 1.165) is 6.42 Å². The smallest absolute Gasteiger partial charge is 0.272 e. The molecule has 0 aliphatic carbocycles. The lowest BCUT2D eigenvalue weighted by atomic mass is 9.95. The summed E-state index contributed by atoms with van der Waals surface area (Å²) in [4.78, 5) is 39.4. The first-order valence-corrected chi connectivity index (χ1v) is 10.2. The third-order valence-corrected chi connectivity index (χ3v) is 5.19. The van der Waals surface area contributed by atoms with Gasteiger partial charge in [0.25, 0.3) is 11.8 Å². The van der Waals surface area contributed by atoms with Crippen LogP contribution in [0.3, 0.4) is 0 Å². The molecular formula is C20H33N5O4. The second-order valence-corrected chi connectivity index (χ2v) is 7.96. The SMILES string of the molecule is CCOCCCNC(=O)c1cc2n(n1)CC(C)(C(=O)NCCC(C)C)N(C)C2=O. The van der Waals surface area contributed by atoms with Crippen molar-refractivity contribution >= 4 is 17.7 Å². The van der Waals surface area contributed by atoms with Crippen LogP contribution in [0.15, 0.2) is 6.07 Å². The molecule has 0 spiro atoms. The molecule has 0 radical (unpaired) electrons. The average molecular weight is 408 g/mol. The van der Waals surface area contributed by atoms with Crippen molar-refractivity contribution < 1.29 is 19.1 Å². The van der Waals surface area contributed by atoms with E-state index in [-0.39, 0.29) is 30.0 Å². The predicted molar refractivity (Wildman–Crippen MR) is 109 cm³/mol. The summed E-state index contributed by atoms with van der Waals surface area (Å²) in [6.45, 7) is 10.2. The lowest BCUT2D eigenvalue weighted by molar-refractivity contribution is -0.132. The Balaban J connectivity index is 2.07. The number of carbonyl (C=O) groups is 3. The summed E-state index contributed by atoms with van der Waals surface area (Å²) in [7, 11) is 1.61. The van der Waals surface area contributed by atoms with Gasteiger partial charge >= 0.3 is 0 Å². The standard InChI is InChI=1S/C20H33N5O4/c1-6-29-11-7-9-21-17(26)15-12-16-18(27)24(5)20(4,13-25(16)23-15)19(28)22-10-8-14(2)3/h12,14H,6-11,13H2,1-5H3,(H,21,26)(H,22,28). The van der Waals surface area contributed by atoms with E-state index in [1.165, 1.54) is 15.6 Å². The predicted octanol–water partition coefficient (Wildman–Crippen LogP) is 1.05. The first-order valence-electron chi connectivity index (χ1n) is 10.2. The van der Waals surface area contributed by atoms with Crippen LogP contribution in [0, 0.1) is 5.92 Å². The Morgan fingerprint density at radius 3 is 2.69 bits per heavy atom. The molecule has 162 valence electrons. The molecule has 9 heteroatoms. The fraction of sp³-hybridized carbons (Fsp3) is 0.700. The van der Waals surface area contributed by atoms with Crippen LogP contribution in [0.2, 0.25) is 0 Å².